The van der Waals surface area contributed by atoms with Crippen LogP contribution < -0.4 is 5.32 Å². The van der Waals surface area contributed by atoms with Crippen molar-refractivity contribution in [3.05, 3.63) is 0 Å². The lowest BCUT2D eigenvalue weighted by atomic mass is 10.2. The van der Waals surface area contributed by atoms with E-state index in [2.05, 4.69) is 73.4 Å². The molecule has 1 fully saturated rings. The van der Waals surface area contributed by atoms with Gasteiger partial charge in [0.2, 0.25) is 0 Å². The highest BCUT2D eigenvalue weighted by molar-refractivity contribution is 14.0. The summed E-state index contributed by atoms with van der Waals surface area (Å²) in [6.45, 7) is 17.8. The summed E-state index contributed by atoms with van der Waals surface area (Å²) in [6, 6.07) is 1.17. The minimum Gasteiger partial charge on any atom is -0.355 e. The lowest BCUT2D eigenvalue weighted by molar-refractivity contribution is 0.178. The number of aliphatic imine (C=N–C) groups is 1. The number of nitrogens with one attached hydrogen (secondary N) is 1. The number of guanidine groups is 1. The van der Waals surface area contributed by atoms with Crippen molar-refractivity contribution >= 4 is 41.7 Å². The minimum atomic E-state index is 0. The van der Waals surface area contributed by atoms with Gasteiger partial charge in [0.1, 0.15) is 0 Å². The first kappa shape index (κ1) is 22.3. The molecule has 1 aliphatic heterocycles. The van der Waals surface area contributed by atoms with Gasteiger partial charge < -0.3 is 10.2 Å². The van der Waals surface area contributed by atoms with Gasteiger partial charge in [0.05, 0.1) is 0 Å². The number of thioether (sulfide) groups is 1. The van der Waals surface area contributed by atoms with Gasteiger partial charge in [-0.15, -0.1) is 24.0 Å². The van der Waals surface area contributed by atoms with E-state index < -0.39 is 0 Å². The molecule has 0 aromatic carbocycles. The Hall–Kier alpha value is 0.310. The van der Waals surface area contributed by atoms with Crippen molar-refractivity contribution in [1.82, 2.24) is 15.1 Å². The molecule has 1 saturated heterocycles. The molecule has 0 spiro atoms. The summed E-state index contributed by atoms with van der Waals surface area (Å²) >= 11 is 2.06. The normalized spacial score (nSPS) is 18.8. The molecule has 0 bridgehead atoms. The number of hydrogen-bond donors (Lipinski definition) is 1. The maximum atomic E-state index is 4.47. The van der Waals surface area contributed by atoms with Gasteiger partial charge in [0.25, 0.3) is 0 Å². The Morgan fingerprint density at radius 3 is 2.32 bits per heavy atom. The SMILES string of the molecule is CN=C(NCCN(C(C)C)C(C)C)N1CCSC(C)(C)C1.I. The standard InChI is InChI=1S/C16H34N4S.HI/c1-13(2)20(14(3)4)9-8-18-15(17-7)19-10-11-21-16(5,6)12-19;/h13-14H,8-12H2,1-7H3,(H,17,18);1H. The summed E-state index contributed by atoms with van der Waals surface area (Å²) in [6.07, 6.45) is 0. The van der Waals surface area contributed by atoms with Crippen LogP contribution in [0.15, 0.2) is 4.99 Å². The maximum Gasteiger partial charge on any atom is 0.193 e. The van der Waals surface area contributed by atoms with E-state index in [1.165, 1.54) is 5.75 Å². The molecule has 0 amide bonds. The summed E-state index contributed by atoms with van der Waals surface area (Å²) in [5.41, 5.74) is 0. The van der Waals surface area contributed by atoms with Gasteiger partial charge in [-0.05, 0) is 41.5 Å². The zero-order chi connectivity index (χ0) is 16.0. The van der Waals surface area contributed by atoms with E-state index in [9.17, 15) is 0 Å². The Balaban J connectivity index is 0.00000441. The second-order valence-electron chi connectivity index (χ2n) is 6.93. The molecule has 0 aliphatic carbocycles. The number of hydrogen-bond acceptors (Lipinski definition) is 3. The fourth-order valence-electron chi connectivity index (χ4n) is 2.94. The Labute approximate surface area is 158 Å². The summed E-state index contributed by atoms with van der Waals surface area (Å²) < 4.78 is 0.317. The van der Waals surface area contributed by atoms with E-state index in [1.54, 1.807) is 0 Å². The monoisotopic (exact) mass is 442 g/mol. The summed E-state index contributed by atoms with van der Waals surface area (Å²) in [7, 11) is 1.89. The van der Waals surface area contributed by atoms with E-state index in [0.717, 1.165) is 32.1 Å². The van der Waals surface area contributed by atoms with Crippen LogP contribution in [-0.4, -0.2) is 71.6 Å². The summed E-state index contributed by atoms with van der Waals surface area (Å²) in [4.78, 5) is 9.37. The largest absolute Gasteiger partial charge is 0.355 e. The van der Waals surface area contributed by atoms with Gasteiger partial charge in [-0.25, -0.2) is 0 Å². The van der Waals surface area contributed by atoms with Gasteiger partial charge in [0.15, 0.2) is 5.96 Å². The number of rotatable bonds is 5. The van der Waals surface area contributed by atoms with Crippen LogP contribution in [0.25, 0.3) is 0 Å². The number of nitrogens with zero attached hydrogens (tertiary/aromatic N) is 3. The Morgan fingerprint density at radius 2 is 1.86 bits per heavy atom. The second-order valence-corrected chi connectivity index (χ2v) is 8.73. The third kappa shape index (κ3) is 7.25. The Morgan fingerprint density at radius 1 is 1.27 bits per heavy atom. The molecule has 0 radical (unpaired) electrons. The van der Waals surface area contributed by atoms with Crippen LogP contribution in [0.1, 0.15) is 41.5 Å². The van der Waals surface area contributed by atoms with Crippen molar-refractivity contribution in [2.75, 3.05) is 39.0 Å². The van der Waals surface area contributed by atoms with E-state index in [-0.39, 0.29) is 24.0 Å². The molecule has 0 saturated carbocycles. The maximum absolute atomic E-state index is 4.47. The smallest absolute Gasteiger partial charge is 0.193 e. The van der Waals surface area contributed by atoms with Crippen LogP contribution in [-0.2, 0) is 0 Å². The average molecular weight is 442 g/mol. The van der Waals surface area contributed by atoms with Crippen LogP contribution in [0.5, 0.6) is 0 Å². The molecule has 1 aliphatic rings. The fraction of sp³-hybridized carbons (Fsp3) is 0.938. The Kier molecular flexibility index (Phi) is 10.4. The molecule has 6 heteroatoms. The lowest BCUT2D eigenvalue weighted by Gasteiger charge is -2.39. The van der Waals surface area contributed by atoms with Crippen molar-refractivity contribution in [1.29, 1.82) is 0 Å². The minimum absolute atomic E-state index is 0. The third-order valence-corrected chi connectivity index (χ3v) is 5.21. The predicted octanol–water partition coefficient (Wildman–Crippen LogP) is 3.13. The van der Waals surface area contributed by atoms with Crippen molar-refractivity contribution in [3.63, 3.8) is 0 Å². The third-order valence-electron chi connectivity index (χ3n) is 3.92. The fourth-order valence-corrected chi connectivity index (χ4v) is 4.05. The molecule has 1 N–H and O–H groups in total. The quantitative estimate of drug-likeness (QED) is 0.403. The highest BCUT2D eigenvalue weighted by Gasteiger charge is 2.28. The van der Waals surface area contributed by atoms with Crippen LogP contribution in [0, 0.1) is 0 Å². The molecule has 0 aromatic heterocycles. The van der Waals surface area contributed by atoms with E-state index in [4.69, 9.17) is 0 Å². The first-order valence-electron chi connectivity index (χ1n) is 8.12. The van der Waals surface area contributed by atoms with E-state index in [1.807, 2.05) is 7.05 Å². The van der Waals surface area contributed by atoms with Crippen LogP contribution in [0.3, 0.4) is 0 Å². The van der Waals surface area contributed by atoms with Crippen molar-refractivity contribution in [2.24, 2.45) is 4.99 Å². The van der Waals surface area contributed by atoms with Crippen LogP contribution in [0.2, 0.25) is 0 Å². The van der Waals surface area contributed by atoms with Crippen molar-refractivity contribution in [2.45, 2.75) is 58.4 Å². The topological polar surface area (TPSA) is 30.9 Å². The average Bonchev–Trinajstić information content (AvgIpc) is 2.36. The summed E-state index contributed by atoms with van der Waals surface area (Å²) in [5, 5.41) is 3.54. The molecule has 1 rings (SSSR count). The predicted molar refractivity (Wildman–Crippen MR) is 112 cm³/mol. The van der Waals surface area contributed by atoms with Crippen LogP contribution >= 0.6 is 35.7 Å². The Bertz CT molecular complexity index is 337. The van der Waals surface area contributed by atoms with Gasteiger partial charge in [-0.1, -0.05) is 0 Å². The first-order chi connectivity index (χ1) is 9.76. The lowest BCUT2D eigenvalue weighted by Crippen LogP contribution is -2.52. The highest BCUT2D eigenvalue weighted by atomic mass is 127. The van der Waals surface area contributed by atoms with Gasteiger partial charge in [0, 0.05) is 55.8 Å². The molecule has 22 heavy (non-hydrogen) atoms. The van der Waals surface area contributed by atoms with Gasteiger partial charge in [-0.3, -0.25) is 9.89 Å². The molecular weight excluding hydrogens is 407 g/mol. The zero-order valence-electron chi connectivity index (χ0n) is 15.3. The zero-order valence-corrected chi connectivity index (χ0v) is 18.5. The van der Waals surface area contributed by atoms with Crippen molar-refractivity contribution in [3.8, 4) is 0 Å². The first-order valence-corrected chi connectivity index (χ1v) is 9.10. The van der Waals surface area contributed by atoms with E-state index in [0.29, 0.717) is 16.8 Å². The molecular formula is C16H35IN4S. The molecule has 4 nitrogen and oxygen atoms in total. The second kappa shape index (κ2) is 10.2. The molecule has 0 aromatic rings. The van der Waals surface area contributed by atoms with Gasteiger partial charge >= 0.3 is 0 Å². The van der Waals surface area contributed by atoms with E-state index >= 15 is 0 Å². The summed E-state index contributed by atoms with van der Waals surface area (Å²) in [5.74, 6) is 2.23. The molecule has 1 heterocycles. The molecule has 0 atom stereocenters. The number of halogens is 1. The van der Waals surface area contributed by atoms with Crippen molar-refractivity contribution < 1.29 is 0 Å². The molecule has 0 unspecified atom stereocenters. The highest BCUT2D eigenvalue weighted by Crippen LogP contribution is 2.29. The van der Waals surface area contributed by atoms with Gasteiger partial charge in [-0.2, -0.15) is 11.8 Å². The molecule has 132 valence electrons. The van der Waals surface area contributed by atoms with Crippen LogP contribution in [0.4, 0.5) is 0 Å².